The fourth-order valence-electron chi connectivity index (χ4n) is 1.83. The Bertz CT molecular complexity index is 313. The zero-order valence-electron chi connectivity index (χ0n) is 11.8. The molecule has 0 saturated heterocycles. The summed E-state index contributed by atoms with van der Waals surface area (Å²) in [6, 6.07) is 11.2. The number of hydrogen-bond donors (Lipinski definition) is 1. The van der Waals surface area contributed by atoms with Gasteiger partial charge < -0.3 is 5.32 Å². The average molecular weight is 234 g/mol. The number of rotatable bonds is 5. The molecule has 1 atom stereocenters. The van der Waals surface area contributed by atoms with Gasteiger partial charge in [0.05, 0.1) is 0 Å². The minimum absolute atomic E-state index is 0.168. The first-order chi connectivity index (χ1) is 7.94. The molecule has 17 heavy (non-hydrogen) atoms. The Morgan fingerprint density at radius 2 is 1.76 bits per heavy atom. The van der Waals surface area contributed by atoms with Crippen LogP contribution in [-0.4, -0.2) is 30.6 Å². The zero-order chi connectivity index (χ0) is 12.9. The molecule has 1 aromatic carbocycles. The smallest absolute Gasteiger partial charge is 0.0469 e. The minimum Gasteiger partial charge on any atom is -0.310 e. The fraction of sp³-hybridized carbons (Fsp3) is 0.600. The Labute approximate surface area is 106 Å². The summed E-state index contributed by atoms with van der Waals surface area (Å²) in [5.74, 6) is 0. The van der Waals surface area contributed by atoms with E-state index in [0.29, 0.717) is 6.04 Å². The normalized spacial score (nSPS) is 14.0. The van der Waals surface area contributed by atoms with Gasteiger partial charge in [0.2, 0.25) is 0 Å². The van der Waals surface area contributed by atoms with Crippen LogP contribution in [0.5, 0.6) is 0 Å². The van der Waals surface area contributed by atoms with E-state index < -0.39 is 0 Å². The lowest BCUT2D eigenvalue weighted by Gasteiger charge is -2.31. The summed E-state index contributed by atoms with van der Waals surface area (Å²) in [6.45, 7) is 10.9. The highest BCUT2D eigenvalue weighted by Gasteiger charge is 2.18. The van der Waals surface area contributed by atoms with Crippen LogP contribution in [0.3, 0.4) is 0 Å². The Morgan fingerprint density at radius 3 is 2.24 bits per heavy atom. The van der Waals surface area contributed by atoms with Crippen molar-refractivity contribution in [2.45, 2.75) is 39.3 Å². The van der Waals surface area contributed by atoms with Gasteiger partial charge in [-0.05, 0) is 39.9 Å². The van der Waals surface area contributed by atoms with Crippen molar-refractivity contribution in [3.8, 4) is 0 Å². The van der Waals surface area contributed by atoms with E-state index in [1.807, 2.05) is 0 Å². The third kappa shape index (κ3) is 4.88. The fourth-order valence-corrected chi connectivity index (χ4v) is 1.83. The lowest BCUT2D eigenvalue weighted by atomic mass is 10.0. The van der Waals surface area contributed by atoms with Crippen LogP contribution in [0, 0.1) is 0 Å². The molecule has 2 heteroatoms. The van der Waals surface area contributed by atoms with E-state index in [1.165, 1.54) is 5.56 Å². The van der Waals surface area contributed by atoms with E-state index >= 15 is 0 Å². The van der Waals surface area contributed by atoms with E-state index in [4.69, 9.17) is 0 Å². The molecule has 0 heterocycles. The van der Waals surface area contributed by atoms with Crippen LogP contribution in [-0.2, 0) is 0 Å². The Morgan fingerprint density at radius 1 is 1.18 bits per heavy atom. The maximum absolute atomic E-state index is 3.59. The minimum atomic E-state index is 0.168. The summed E-state index contributed by atoms with van der Waals surface area (Å²) in [5.41, 5.74) is 1.55. The van der Waals surface area contributed by atoms with E-state index in [0.717, 1.165) is 13.1 Å². The van der Waals surface area contributed by atoms with E-state index in [1.54, 1.807) is 0 Å². The Balaban J connectivity index is 2.75. The molecule has 0 aliphatic rings. The van der Waals surface area contributed by atoms with Crippen LogP contribution in [0.1, 0.15) is 39.3 Å². The summed E-state index contributed by atoms with van der Waals surface area (Å²) in [5, 5.41) is 3.59. The molecule has 1 rings (SSSR count). The summed E-state index contributed by atoms with van der Waals surface area (Å²) in [4.78, 5) is 2.38. The van der Waals surface area contributed by atoms with Crippen LogP contribution < -0.4 is 5.32 Å². The van der Waals surface area contributed by atoms with E-state index in [-0.39, 0.29) is 5.54 Å². The molecule has 0 fully saturated rings. The van der Waals surface area contributed by atoms with Crippen molar-refractivity contribution in [3.05, 3.63) is 35.9 Å². The number of likely N-dealkylation sites (N-methyl/N-ethyl adjacent to an activating group) is 1. The van der Waals surface area contributed by atoms with Crippen molar-refractivity contribution in [3.63, 3.8) is 0 Å². The van der Waals surface area contributed by atoms with Gasteiger partial charge in [-0.2, -0.15) is 0 Å². The number of hydrogen-bond acceptors (Lipinski definition) is 2. The molecule has 2 nitrogen and oxygen atoms in total. The SMILES string of the molecule is CCN(C)C(CNC(C)(C)C)c1ccccc1. The third-order valence-corrected chi connectivity index (χ3v) is 3.04. The van der Waals surface area contributed by atoms with Crippen LogP contribution in [0.4, 0.5) is 0 Å². The second-order valence-corrected chi connectivity index (χ2v) is 5.63. The molecular weight excluding hydrogens is 208 g/mol. The first-order valence-electron chi connectivity index (χ1n) is 6.44. The lowest BCUT2D eigenvalue weighted by Crippen LogP contribution is -2.42. The Kier molecular flexibility index (Phi) is 5.16. The molecule has 0 aromatic heterocycles. The molecule has 0 saturated carbocycles. The standard InChI is InChI=1S/C15H26N2/c1-6-17(5)14(12-16-15(2,3)4)13-10-8-7-9-11-13/h7-11,14,16H,6,12H2,1-5H3. The molecule has 0 bridgehead atoms. The van der Waals surface area contributed by atoms with Gasteiger partial charge in [-0.25, -0.2) is 0 Å². The summed E-state index contributed by atoms with van der Waals surface area (Å²) >= 11 is 0. The second-order valence-electron chi connectivity index (χ2n) is 5.63. The first kappa shape index (κ1) is 14.2. The second kappa shape index (κ2) is 6.18. The molecule has 1 aromatic rings. The predicted molar refractivity (Wildman–Crippen MR) is 75.2 cm³/mol. The van der Waals surface area contributed by atoms with Gasteiger partial charge in [-0.3, -0.25) is 4.90 Å². The topological polar surface area (TPSA) is 15.3 Å². The van der Waals surface area contributed by atoms with Gasteiger partial charge in [0.25, 0.3) is 0 Å². The van der Waals surface area contributed by atoms with Crippen LogP contribution in [0.2, 0.25) is 0 Å². The summed E-state index contributed by atoms with van der Waals surface area (Å²) in [6.07, 6.45) is 0. The van der Waals surface area contributed by atoms with Gasteiger partial charge in [0.15, 0.2) is 0 Å². The van der Waals surface area contributed by atoms with E-state index in [2.05, 4.69) is 75.3 Å². The van der Waals surface area contributed by atoms with Crippen molar-refractivity contribution < 1.29 is 0 Å². The third-order valence-electron chi connectivity index (χ3n) is 3.04. The molecule has 1 unspecified atom stereocenters. The van der Waals surface area contributed by atoms with Crippen LogP contribution >= 0.6 is 0 Å². The Hall–Kier alpha value is -0.860. The summed E-state index contributed by atoms with van der Waals surface area (Å²) < 4.78 is 0. The van der Waals surface area contributed by atoms with Crippen LogP contribution in [0.25, 0.3) is 0 Å². The number of benzene rings is 1. The van der Waals surface area contributed by atoms with Crippen molar-refractivity contribution in [2.24, 2.45) is 0 Å². The monoisotopic (exact) mass is 234 g/mol. The van der Waals surface area contributed by atoms with Gasteiger partial charge in [-0.1, -0.05) is 37.3 Å². The largest absolute Gasteiger partial charge is 0.310 e. The van der Waals surface area contributed by atoms with E-state index in [9.17, 15) is 0 Å². The van der Waals surface area contributed by atoms with Crippen molar-refractivity contribution in [1.29, 1.82) is 0 Å². The predicted octanol–water partition coefficient (Wildman–Crippen LogP) is 3.07. The molecule has 0 aliphatic carbocycles. The molecular formula is C15H26N2. The number of nitrogens with one attached hydrogen (secondary N) is 1. The molecule has 96 valence electrons. The average Bonchev–Trinajstić information content (AvgIpc) is 2.29. The van der Waals surface area contributed by atoms with Gasteiger partial charge in [-0.15, -0.1) is 0 Å². The highest BCUT2D eigenvalue weighted by molar-refractivity contribution is 5.19. The van der Waals surface area contributed by atoms with Crippen LogP contribution in [0.15, 0.2) is 30.3 Å². The maximum Gasteiger partial charge on any atom is 0.0469 e. The first-order valence-corrected chi connectivity index (χ1v) is 6.44. The molecule has 1 N–H and O–H groups in total. The molecule has 0 amide bonds. The maximum atomic E-state index is 3.59. The van der Waals surface area contributed by atoms with Gasteiger partial charge in [0.1, 0.15) is 0 Å². The van der Waals surface area contributed by atoms with Gasteiger partial charge >= 0.3 is 0 Å². The van der Waals surface area contributed by atoms with Gasteiger partial charge in [0, 0.05) is 18.1 Å². The quantitative estimate of drug-likeness (QED) is 0.842. The molecule has 0 radical (unpaired) electrons. The number of nitrogens with zero attached hydrogens (tertiary/aromatic N) is 1. The molecule has 0 aliphatic heterocycles. The summed E-state index contributed by atoms with van der Waals surface area (Å²) in [7, 11) is 2.18. The molecule has 0 spiro atoms. The highest BCUT2D eigenvalue weighted by Crippen LogP contribution is 2.18. The van der Waals surface area contributed by atoms with Crippen molar-refractivity contribution in [1.82, 2.24) is 10.2 Å². The lowest BCUT2D eigenvalue weighted by molar-refractivity contribution is 0.233. The van der Waals surface area contributed by atoms with Crippen molar-refractivity contribution in [2.75, 3.05) is 20.1 Å². The zero-order valence-corrected chi connectivity index (χ0v) is 11.8. The highest BCUT2D eigenvalue weighted by atomic mass is 15.1. The van der Waals surface area contributed by atoms with Crippen molar-refractivity contribution >= 4 is 0 Å².